The van der Waals surface area contributed by atoms with E-state index in [2.05, 4.69) is 46.5 Å². The summed E-state index contributed by atoms with van der Waals surface area (Å²) in [6.45, 7) is 12.9. The molecule has 0 unspecified atom stereocenters. The summed E-state index contributed by atoms with van der Waals surface area (Å²) in [4.78, 5) is 2.42. The molecule has 1 aliphatic rings. The lowest BCUT2D eigenvalue weighted by molar-refractivity contribution is 0.0410. The number of nitrogens with zero attached hydrogens (tertiary/aromatic N) is 5. The molecule has 1 aromatic rings. The molecule has 21 heavy (non-hydrogen) atoms. The Morgan fingerprint density at radius 1 is 1.24 bits per heavy atom. The molecule has 1 N–H and O–H groups in total. The molecule has 1 aromatic heterocycles. The zero-order valence-corrected chi connectivity index (χ0v) is 14.0. The van der Waals surface area contributed by atoms with Gasteiger partial charge in [-0.3, -0.25) is 4.90 Å². The Morgan fingerprint density at radius 2 is 2.00 bits per heavy atom. The molecule has 0 aliphatic carbocycles. The molecule has 1 aliphatic heterocycles. The molecule has 0 bridgehead atoms. The van der Waals surface area contributed by atoms with E-state index in [-0.39, 0.29) is 5.54 Å². The molecule has 0 amide bonds. The number of morpholine rings is 1. The fraction of sp³-hybridized carbons (Fsp3) is 0.923. The largest absolute Gasteiger partial charge is 0.379 e. The summed E-state index contributed by atoms with van der Waals surface area (Å²) in [5, 5.41) is 16.3. The Kier molecular flexibility index (Phi) is 6.40. The molecule has 0 aromatic carbocycles. The Bertz CT molecular complexity index is 413. The first-order chi connectivity index (χ1) is 10.0. The maximum Gasteiger partial charge on any atom is 0.209 e. The van der Waals surface area contributed by atoms with Crippen LogP contribution >= 0.6 is 11.8 Å². The maximum atomic E-state index is 5.35. The number of tetrazole rings is 1. The molecule has 2 rings (SSSR count). The zero-order chi connectivity index (χ0) is 15.1. The second-order valence-electron chi connectivity index (χ2n) is 6.16. The Balaban J connectivity index is 1.69. The van der Waals surface area contributed by atoms with Gasteiger partial charge in [-0.1, -0.05) is 11.8 Å². The number of rotatable bonds is 7. The second-order valence-corrected chi connectivity index (χ2v) is 7.23. The maximum absolute atomic E-state index is 5.35. The fourth-order valence-electron chi connectivity index (χ4n) is 2.07. The first-order valence-electron chi connectivity index (χ1n) is 7.49. The summed E-state index contributed by atoms with van der Waals surface area (Å²) >= 11 is 1.72. The highest BCUT2D eigenvalue weighted by Gasteiger charge is 2.13. The molecule has 2 heterocycles. The van der Waals surface area contributed by atoms with Crippen LogP contribution in [0.1, 0.15) is 20.8 Å². The van der Waals surface area contributed by atoms with Crippen molar-refractivity contribution in [3.8, 4) is 0 Å². The summed E-state index contributed by atoms with van der Waals surface area (Å²) in [5.74, 6) is 1.01. The Hall–Kier alpha value is -0.700. The van der Waals surface area contributed by atoms with E-state index in [1.54, 1.807) is 11.8 Å². The average Bonchev–Trinajstić information content (AvgIpc) is 2.86. The minimum Gasteiger partial charge on any atom is -0.379 e. The van der Waals surface area contributed by atoms with E-state index in [4.69, 9.17) is 4.74 Å². The highest BCUT2D eigenvalue weighted by molar-refractivity contribution is 7.99. The number of hydrogen-bond donors (Lipinski definition) is 1. The number of ether oxygens (including phenoxy) is 1. The fourth-order valence-corrected chi connectivity index (χ4v) is 2.97. The standard InChI is InChI=1S/C13H26N6OS/c1-13(2,3)14-4-5-19-12(15-16-17-19)21-11-8-18-6-9-20-10-7-18/h14H,4-11H2,1-3H3. The van der Waals surface area contributed by atoms with Gasteiger partial charge in [0.15, 0.2) is 0 Å². The topological polar surface area (TPSA) is 68.1 Å². The minimum atomic E-state index is 0.123. The molecule has 120 valence electrons. The summed E-state index contributed by atoms with van der Waals surface area (Å²) in [6, 6.07) is 0. The van der Waals surface area contributed by atoms with E-state index in [1.807, 2.05) is 4.68 Å². The van der Waals surface area contributed by atoms with Gasteiger partial charge in [-0.2, -0.15) is 0 Å². The Morgan fingerprint density at radius 3 is 2.71 bits per heavy atom. The second kappa shape index (κ2) is 8.07. The molecule has 8 heteroatoms. The molecular formula is C13H26N6OS. The van der Waals surface area contributed by atoms with E-state index in [1.165, 1.54) is 0 Å². The number of aromatic nitrogens is 4. The van der Waals surface area contributed by atoms with E-state index in [0.29, 0.717) is 0 Å². The van der Waals surface area contributed by atoms with Crippen LogP contribution in [0.5, 0.6) is 0 Å². The lowest BCUT2D eigenvalue weighted by Crippen LogP contribution is -2.38. The van der Waals surface area contributed by atoms with Crippen LogP contribution in [0.3, 0.4) is 0 Å². The molecule has 7 nitrogen and oxygen atoms in total. The van der Waals surface area contributed by atoms with Gasteiger partial charge in [0.05, 0.1) is 19.8 Å². The third-order valence-electron chi connectivity index (χ3n) is 3.22. The van der Waals surface area contributed by atoms with Crippen molar-refractivity contribution in [3.63, 3.8) is 0 Å². The quantitative estimate of drug-likeness (QED) is 0.734. The van der Waals surface area contributed by atoms with Crippen LogP contribution < -0.4 is 5.32 Å². The first-order valence-corrected chi connectivity index (χ1v) is 8.47. The van der Waals surface area contributed by atoms with Crippen LogP contribution in [0, 0.1) is 0 Å². The molecule has 0 radical (unpaired) electrons. The molecule has 1 saturated heterocycles. The van der Waals surface area contributed by atoms with Crippen molar-refractivity contribution in [3.05, 3.63) is 0 Å². The van der Waals surface area contributed by atoms with Crippen molar-refractivity contribution in [1.82, 2.24) is 30.4 Å². The predicted octanol–water partition coefficient (Wildman–Crippen LogP) is 0.486. The van der Waals surface area contributed by atoms with Gasteiger partial charge in [0, 0.05) is 37.5 Å². The van der Waals surface area contributed by atoms with Crippen molar-refractivity contribution >= 4 is 11.8 Å². The van der Waals surface area contributed by atoms with Gasteiger partial charge < -0.3 is 10.1 Å². The van der Waals surface area contributed by atoms with E-state index in [0.717, 1.165) is 56.8 Å². The van der Waals surface area contributed by atoms with Crippen LogP contribution in [-0.4, -0.2) is 75.8 Å². The average molecular weight is 314 g/mol. The van der Waals surface area contributed by atoms with Gasteiger partial charge >= 0.3 is 0 Å². The lowest BCUT2D eigenvalue weighted by Gasteiger charge is -2.26. The van der Waals surface area contributed by atoms with E-state index < -0.39 is 0 Å². The molecule has 0 saturated carbocycles. The van der Waals surface area contributed by atoms with Crippen molar-refractivity contribution in [2.24, 2.45) is 0 Å². The van der Waals surface area contributed by atoms with Gasteiger partial charge in [-0.05, 0) is 31.2 Å². The Labute approximate surface area is 130 Å². The number of nitrogens with one attached hydrogen (secondary N) is 1. The van der Waals surface area contributed by atoms with Crippen LogP contribution in [0.25, 0.3) is 0 Å². The highest BCUT2D eigenvalue weighted by atomic mass is 32.2. The minimum absolute atomic E-state index is 0.123. The molecular weight excluding hydrogens is 288 g/mol. The molecule has 0 spiro atoms. The highest BCUT2D eigenvalue weighted by Crippen LogP contribution is 2.14. The van der Waals surface area contributed by atoms with E-state index in [9.17, 15) is 0 Å². The van der Waals surface area contributed by atoms with Gasteiger partial charge in [-0.25, -0.2) is 4.68 Å². The third kappa shape index (κ3) is 6.29. The van der Waals surface area contributed by atoms with Gasteiger partial charge in [0.25, 0.3) is 0 Å². The van der Waals surface area contributed by atoms with Crippen molar-refractivity contribution < 1.29 is 4.74 Å². The molecule has 1 fully saturated rings. The summed E-state index contributed by atoms with van der Waals surface area (Å²) in [5.41, 5.74) is 0.123. The van der Waals surface area contributed by atoms with Crippen LogP contribution in [0.4, 0.5) is 0 Å². The van der Waals surface area contributed by atoms with Crippen LogP contribution in [0.2, 0.25) is 0 Å². The van der Waals surface area contributed by atoms with Gasteiger partial charge in [0.2, 0.25) is 5.16 Å². The van der Waals surface area contributed by atoms with Crippen LogP contribution in [-0.2, 0) is 11.3 Å². The van der Waals surface area contributed by atoms with Crippen LogP contribution in [0.15, 0.2) is 5.16 Å². The molecule has 0 atom stereocenters. The van der Waals surface area contributed by atoms with Crippen molar-refractivity contribution in [2.75, 3.05) is 45.1 Å². The lowest BCUT2D eigenvalue weighted by atomic mass is 10.1. The SMILES string of the molecule is CC(C)(C)NCCn1nnnc1SCCN1CCOCC1. The number of thioether (sulfide) groups is 1. The smallest absolute Gasteiger partial charge is 0.209 e. The van der Waals surface area contributed by atoms with Crippen molar-refractivity contribution in [1.29, 1.82) is 0 Å². The van der Waals surface area contributed by atoms with Crippen molar-refractivity contribution in [2.45, 2.75) is 38.0 Å². The summed E-state index contributed by atoms with van der Waals surface area (Å²) in [6.07, 6.45) is 0. The van der Waals surface area contributed by atoms with Gasteiger partial charge in [0.1, 0.15) is 0 Å². The third-order valence-corrected chi connectivity index (χ3v) is 4.16. The zero-order valence-electron chi connectivity index (χ0n) is 13.2. The summed E-state index contributed by atoms with van der Waals surface area (Å²) < 4.78 is 7.23. The van der Waals surface area contributed by atoms with Gasteiger partial charge in [-0.15, -0.1) is 5.10 Å². The predicted molar refractivity (Wildman–Crippen MR) is 83.6 cm³/mol. The number of hydrogen-bond acceptors (Lipinski definition) is 7. The normalized spacial score (nSPS) is 17.3. The first kappa shape index (κ1) is 16.7. The summed E-state index contributed by atoms with van der Waals surface area (Å²) in [7, 11) is 0. The monoisotopic (exact) mass is 314 g/mol. The van der Waals surface area contributed by atoms with E-state index >= 15 is 0 Å².